The van der Waals surface area contributed by atoms with Gasteiger partial charge in [0, 0.05) is 52.8 Å². The van der Waals surface area contributed by atoms with E-state index in [2.05, 4.69) is 217 Å². The van der Waals surface area contributed by atoms with Crippen LogP contribution in [0.3, 0.4) is 0 Å². The fraction of sp³-hybridized carbons (Fsp3) is 0. The van der Waals surface area contributed by atoms with Crippen LogP contribution in [0.15, 0.2) is 212 Å². The molecule has 0 aliphatic heterocycles. The van der Waals surface area contributed by atoms with Crippen LogP contribution in [0.25, 0.3) is 125 Å². The summed E-state index contributed by atoms with van der Waals surface area (Å²) in [5.74, 6) is 0.648. The van der Waals surface area contributed by atoms with Crippen LogP contribution in [-0.4, -0.2) is 14.5 Å². The lowest BCUT2D eigenvalue weighted by atomic mass is 9.94. The number of aromatic nitrogens is 3. The van der Waals surface area contributed by atoms with Gasteiger partial charge in [-0.05, 0) is 80.4 Å². The summed E-state index contributed by atoms with van der Waals surface area (Å²) in [4.78, 5) is 10.9. The number of fused-ring (bicyclic) bond motifs is 12. The van der Waals surface area contributed by atoms with Crippen molar-refractivity contribution in [2.75, 3.05) is 0 Å². The van der Waals surface area contributed by atoms with E-state index >= 15 is 0 Å². The van der Waals surface area contributed by atoms with Crippen LogP contribution in [0.4, 0.5) is 0 Å². The summed E-state index contributed by atoms with van der Waals surface area (Å²) in [5, 5.41) is 10.8. The number of thiophene rings is 1. The molecule has 13 rings (SSSR count). The summed E-state index contributed by atoms with van der Waals surface area (Å²) < 4.78 is 4.99. The molecule has 0 fully saturated rings. The molecule has 0 bridgehead atoms. The minimum Gasteiger partial charge on any atom is -0.277 e. The Morgan fingerprint density at radius 1 is 0.323 bits per heavy atom. The second kappa shape index (κ2) is 13.8. The summed E-state index contributed by atoms with van der Waals surface area (Å²) >= 11 is 1.86. The normalized spacial score (nSPS) is 11.9. The van der Waals surface area contributed by atoms with Gasteiger partial charge in [-0.2, -0.15) is 0 Å². The van der Waals surface area contributed by atoms with Crippen molar-refractivity contribution in [3.8, 4) is 50.6 Å². The molecule has 0 aliphatic carbocycles. The average Bonchev–Trinajstić information content (AvgIpc) is 3.90. The molecular weight excluding hydrogens is 771 g/mol. The van der Waals surface area contributed by atoms with Crippen LogP contribution in [0.5, 0.6) is 0 Å². The molecule has 4 heteroatoms. The maximum Gasteiger partial charge on any atom is 0.235 e. The van der Waals surface area contributed by atoms with E-state index in [0.29, 0.717) is 5.95 Å². The maximum atomic E-state index is 5.52. The summed E-state index contributed by atoms with van der Waals surface area (Å²) in [6.07, 6.45) is 0. The minimum atomic E-state index is 0.648. The van der Waals surface area contributed by atoms with Crippen molar-refractivity contribution in [2.45, 2.75) is 0 Å². The van der Waals surface area contributed by atoms with Gasteiger partial charge in [-0.15, -0.1) is 11.3 Å². The highest BCUT2D eigenvalue weighted by Crippen LogP contribution is 2.46. The van der Waals surface area contributed by atoms with E-state index in [0.717, 1.165) is 49.9 Å². The second-order valence-electron chi connectivity index (χ2n) is 16.1. The lowest BCUT2D eigenvalue weighted by molar-refractivity contribution is 1.02. The Morgan fingerprint density at radius 2 is 0.871 bits per heavy atom. The Kier molecular flexibility index (Phi) is 7.78. The van der Waals surface area contributed by atoms with Gasteiger partial charge in [-0.3, -0.25) is 4.57 Å². The monoisotopic (exact) mass is 805 g/mol. The van der Waals surface area contributed by atoms with Crippen molar-refractivity contribution in [3.63, 3.8) is 0 Å². The minimum absolute atomic E-state index is 0.648. The summed E-state index contributed by atoms with van der Waals surface area (Å²) in [7, 11) is 0. The van der Waals surface area contributed by atoms with Gasteiger partial charge in [-0.1, -0.05) is 176 Å². The van der Waals surface area contributed by atoms with Crippen molar-refractivity contribution in [3.05, 3.63) is 212 Å². The van der Waals surface area contributed by atoms with Gasteiger partial charge < -0.3 is 0 Å². The molecule has 13 aromatic rings. The molecule has 0 atom stereocenters. The molecule has 0 unspecified atom stereocenters. The Balaban J connectivity index is 1.06. The Bertz CT molecular complexity index is 3930. The predicted molar refractivity (Wildman–Crippen MR) is 264 cm³/mol. The standard InChI is InChI=1S/C58H35N3S/c1-2-15-36(16-3-1)55-48-26-8-10-29-51(48)59-58(60-55)61-56-42(27-14-28-49(56)54-46-24-6-4-21-43(46)44-22-5-7-25-47(44)57(54)61)41-20-13-19-39(34-41)37-17-12-18-38(33-37)40-31-32-53-50(35-40)45-23-9-11-30-52(45)62-53/h1-35H. The summed E-state index contributed by atoms with van der Waals surface area (Å²) in [6.45, 7) is 0. The first-order chi connectivity index (χ1) is 30.7. The van der Waals surface area contributed by atoms with Crippen LogP contribution in [0, 0.1) is 0 Å². The number of hydrogen-bond acceptors (Lipinski definition) is 3. The van der Waals surface area contributed by atoms with E-state index in [1.54, 1.807) is 0 Å². The molecule has 0 aliphatic rings. The Morgan fingerprint density at radius 3 is 1.66 bits per heavy atom. The fourth-order valence-corrected chi connectivity index (χ4v) is 10.9. The third kappa shape index (κ3) is 5.37. The third-order valence-corrected chi connectivity index (χ3v) is 13.7. The highest BCUT2D eigenvalue weighted by atomic mass is 32.1. The number of benzene rings is 10. The van der Waals surface area contributed by atoms with E-state index in [1.165, 1.54) is 69.2 Å². The molecule has 288 valence electrons. The Hall–Kier alpha value is -7.92. The lowest BCUT2D eigenvalue weighted by Gasteiger charge is -2.15. The molecule has 0 saturated heterocycles. The van der Waals surface area contributed by atoms with Gasteiger partial charge in [0.05, 0.1) is 22.2 Å². The molecule has 0 N–H and O–H groups in total. The second-order valence-corrected chi connectivity index (χ2v) is 17.2. The molecule has 3 nitrogen and oxygen atoms in total. The van der Waals surface area contributed by atoms with E-state index < -0.39 is 0 Å². The summed E-state index contributed by atoms with van der Waals surface area (Å²) in [5.41, 5.74) is 12.1. The van der Waals surface area contributed by atoms with Crippen molar-refractivity contribution in [1.29, 1.82) is 0 Å². The zero-order valence-electron chi connectivity index (χ0n) is 33.5. The Labute approximate surface area is 361 Å². The first kappa shape index (κ1) is 34.9. The average molecular weight is 806 g/mol. The quantitative estimate of drug-likeness (QED) is 0.162. The first-order valence-electron chi connectivity index (χ1n) is 21.1. The molecule has 3 heterocycles. The first-order valence-corrected chi connectivity index (χ1v) is 21.9. The van der Waals surface area contributed by atoms with Crippen molar-refractivity contribution < 1.29 is 0 Å². The molecule has 0 spiro atoms. The van der Waals surface area contributed by atoms with Gasteiger partial charge in [0.1, 0.15) is 0 Å². The number of nitrogens with zero attached hydrogens (tertiary/aromatic N) is 3. The van der Waals surface area contributed by atoms with Crippen LogP contribution in [0.2, 0.25) is 0 Å². The smallest absolute Gasteiger partial charge is 0.235 e. The molecule has 10 aromatic carbocycles. The van der Waals surface area contributed by atoms with Crippen molar-refractivity contribution >= 4 is 85.8 Å². The van der Waals surface area contributed by atoms with Crippen LogP contribution in [-0.2, 0) is 0 Å². The van der Waals surface area contributed by atoms with Crippen LogP contribution < -0.4 is 0 Å². The maximum absolute atomic E-state index is 5.52. The SMILES string of the molecule is c1ccc(-c2nc(-n3c4c(-c5cccc(-c6cccc(-c7ccc8sc9ccccc9c8c7)c6)c5)cccc4c4c5ccccc5c5ccccc5c43)nc3ccccc23)cc1. The van der Waals surface area contributed by atoms with Gasteiger partial charge in [0.15, 0.2) is 0 Å². The fourth-order valence-electron chi connectivity index (χ4n) is 9.79. The van der Waals surface area contributed by atoms with Gasteiger partial charge in [0.2, 0.25) is 5.95 Å². The zero-order valence-corrected chi connectivity index (χ0v) is 34.3. The molecule has 3 aromatic heterocycles. The van der Waals surface area contributed by atoms with Crippen molar-refractivity contribution in [1.82, 2.24) is 14.5 Å². The number of hydrogen-bond donors (Lipinski definition) is 0. The predicted octanol–water partition coefficient (Wildman–Crippen LogP) is 16.1. The third-order valence-electron chi connectivity index (χ3n) is 12.6. The topological polar surface area (TPSA) is 30.7 Å². The van der Waals surface area contributed by atoms with Gasteiger partial charge in [0.25, 0.3) is 0 Å². The van der Waals surface area contributed by atoms with Gasteiger partial charge in [-0.25, -0.2) is 9.97 Å². The van der Waals surface area contributed by atoms with Gasteiger partial charge >= 0.3 is 0 Å². The largest absolute Gasteiger partial charge is 0.277 e. The number of para-hydroxylation sites is 2. The zero-order chi connectivity index (χ0) is 40.7. The number of rotatable bonds is 5. The molecule has 62 heavy (non-hydrogen) atoms. The van der Waals surface area contributed by atoms with E-state index in [-0.39, 0.29) is 0 Å². The van der Waals surface area contributed by atoms with E-state index in [1.807, 2.05) is 11.3 Å². The molecular formula is C58H35N3S. The van der Waals surface area contributed by atoms with Crippen LogP contribution in [0.1, 0.15) is 0 Å². The lowest BCUT2D eigenvalue weighted by Crippen LogP contribution is -2.04. The van der Waals surface area contributed by atoms with Crippen molar-refractivity contribution in [2.24, 2.45) is 0 Å². The van der Waals surface area contributed by atoms with Crippen LogP contribution >= 0.6 is 11.3 Å². The van der Waals surface area contributed by atoms with E-state index in [4.69, 9.17) is 9.97 Å². The molecule has 0 amide bonds. The molecule has 0 radical (unpaired) electrons. The highest BCUT2D eigenvalue weighted by Gasteiger charge is 2.24. The van der Waals surface area contributed by atoms with E-state index in [9.17, 15) is 0 Å². The molecule has 0 saturated carbocycles. The summed E-state index contributed by atoms with van der Waals surface area (Å²) in [6, 6.07) is 76.8. The highest BCUT2D eigenvalue weighted by molar-refractivity contribution is 7.25.